The summed E-state index contributed by atoms with van der Waals surface area (Å²) in [5.74, 6) is 0. The summed E-state index contributed by atoms with van der Waals surface area (Å²) in [7, 11) is 3.94. The number of rotatable bonds is 9. The van der Waals surface area contributed by atoms with Crippen molar-refractivity contribution in [3.05, 3.63) is 0 Å². The zero-order valence-electron chi connectivity index (χ0n) is 10.9. The SMILES string of the molecule is CCC(CC)(CN)N(C)CCCCOC. The molecule has 0 rings (SSSR count). The highest BCUT2D eigenvalue weighted by Crippen LogP contribution is 2.21. The average molecular weight is 216 g/mol. The first kappa shape index (κ1) is 14.9. The maximum absolute atomic E-state index is 5.89. The molecule has 0 aromatic rings. The van der Waals surface area contributed by atoms with Crippen LogP contribution in [0, 0.1) is 0 Å². The van der Waals surface area contributed by atoms with Crippen LogP contribution in [-0.2, 0) is 4.74 Å². The molecule has 0 bridgehead atoms. The Balaban J connectivity index is 3.97. The molecule has 0 aromatic heterocycles. The standard InChI is InChI=1S/C12H28N2O/c1-5-12(6-2,11-13)14(3)9-7-8-10-15-4/h5-11,13H2,1-4H3. The van der Waals surface area contributed by atoms with E-state index in [1.165, 1.54) is 6.42 Å². The summed E-state index contributed by atoms with van der Waals surface area (Å²) in [5, 5.41) is 0. The summed E-state index contributed by atoms with van der Waals surface area (Å²) >= 11 is 0. The van der Waals surface area contributed by atoms with Gasteiger partial charge in [0.1, 0.15) is 0 Å². The Labute approximate surface area is 95.0 Å². The van der Waals surface area contributed by atoms with Crippen molar-refractivity contribution in [2.24, 2.45) is 5.73 Å². The molecule has 0 radical (unpaired) electrons. The number of nitrogens with zero attached hydrogens (tertiary/aromatic N) is 1. The van der Waals surface area contributed by atoms with Crippen molar-refractivity contribution in [3.8, 4) is 0 Å². The fourth-order valence-corrected chi connectivity index (χ4v) is 2.07. The summed E-state index contributed by atoms with van der Waals surface area (Å²) in [4.78, 5) is 2.42. The van der Waals surface area contributed by atoms with Crippen LogP contribution in [0.5, 0.6) is 0 Å². The largest absolute Gasteiger partial charge is 0.385 e. The van der Waals surface area contributed by atoms with Crippen molar-refractivity contribution < 1.29 is 4.74 Å². The molecule has 0 unspecified atom stereocenters. The fourth-order valence-electron chi connectivity index (χ4n) is 2.07. The smallest absolute Gasteiger partial charge is 0.0462 e. The van der Waals surface area contributed by atoms with Crippen LogP contribution in [0.1, 0.15) is 39.5 Å². The molecule has 0 saturated carbocycles. The number of methoxy groups -OCH3 is 1. The Morgan fingerprint density at radius 1 is 1.20 bits per heavy atom. The normalized spacial score (nSPS) is 12.4. The lowest BCUT2D eigenvalue weighted by Gasteiger charge is -2.40. The molecular weight excluding hydrogens is 188 g/mol. The number of ether oxygens (including phenoxy) is 1. The van der Waals surface area contributed by atoms with Crippen molar-refractivity contribution in [1.82, 2.24) is 4.90 Å². The predicted octanol–water partition coefficient (Wildman–Crippen LogP) is 1.86. The van der Waals surface area contributed by atoms with Gasteiger partial charge < -0.3 is 10.5 Å². The Bertz CT molecular complexity index is 138. The molecule has 0 aliphatic carbocycles. The summed E-state index contributed by atoms with van der Waals surface area (Å²) in [5.41, 5.74) is 6.10. The lowest BCUT2D eigenvalue weighted by atomic mass is 9.91. The number of hydrogen-bond donors (Lipinski definition) is 1. The number of likely N-dealkylation sites (N-methyl/N-ethyl adjacent to an activating group) is 1. The summed E-state index contributed by atoms with van der Waals surface area (Å²) in [6.07, 6.45) is 4.57. The lowest BCUT2D eigenvalue weighted by molar-refractivity contribution is 0.108. The van der Waals surface area contributed by atoms with Gasteiger partial charge in [0, 0.05) is 25.8 Å². The molecule has 0 fully saturated rings. The maximum atomic E-state index is 5.89. The Morgan fingerprint density at radius 3 is 2.20 bits per heavy atom. The highest BCUT2D eigenvalue weighted by molar-refractivity contribution is 4.87. The van der Waals surface area contributed by atoms with E-state index in [1.54, 1.807) is 7.11 Å². The van der Waals surface area contributed by atoms with Gasteiger partial charge in [0.05, 0.1) is 0 Å². The molecule has 0 atom stereocenters. The van der Waals surface area contributed by atoms with Gasteiger partial charge in [0.2, 0.25) is 0 Å². The minimum atomic E-state index is 0.201. The van der Waals surface area contributed by atoms with Gasteiger partial charge in [-0.2, -0.15) is 0 Å². The van der Waals surface area contributed by atoms with Crippen molar-refractivity contribution in [3.63, 3.8) is 0 Å². The molecular formula is C12H28N2O. The van der Waals surface area contributed by atoms with Gasteiger partial charge in [0.15, 0.2) is 0 Å². The number of nitrogens with two attached hydrogens (primary N) is 1. The minimum Gasteiger partial charge on any atom is -0.385 e. The van der Waals surface area contributed by atoms with Gasteiger partial charge in [-0.1, -0.05) is 13.8 Å². The van der Waals surface area contributed by atoms with Crippen LogP contribution in [0.2, 0.25) is 0 Å². The van der Waals surface area contributed by atoms with Crippen molar-refractivity contribution in [1.29, 1.82) is 0 Å². The van der Waals surface area contributed by atoms with Crippen LogP contribution in [0.15, 0.2) is 0 Å². The molecule has 0 aromatic carbocycles. The second-order valence-corrected chi connectivity index (χ2v) is 4.26. The molecule has 0 aliphatic heterocycles. The molecule has 3 heteroatoms. The van der Waals surface area contributed by atoms with Crippen LogP contribution < -0.4 is 5.73 Å². The van der Waals surface area contributed by atoms with Gasteiger partial charge in [-0.15, -0.1) is 0 Å². The van der Waals surface area contributed by atoms with E-state index >= 15 is 0 Å². The van der Waals surface area contributed by atoms with Gasteiger partial charge in [0.25, 0.3) is 0 Å². The van der Waals surface area contributed by atoms with Gasteiger partial charge in [-0.05, 0) is 39.3 Å². The van der Waals surface area contributed by atoms with E-state index in [1.807, 2.05) is 0 Å². The van der Waals surface area contributed by atoms with E-state index in [-0.39, 0.29) is 5.54 Å². The summed E-state index contributed by atoms with van der Waals surface area (Å²) < 4.78 is 5.05. The first-order valence-electron chi connectivity index (χ1n) is 6.07. The second kappa shape index (κ2) is 8.08. The van der Waals surface area contributed by atoms with E-state index in [0.29, 0.717) is 0 Å². The third-order valence-electron chi connectivity index (χ3n) is 3.60. The summed E-state index contributed by atoms with van der Waals surface area (Å²) in [6, 6.07) is 0. The van der Waals surface area contributed by atoms with E-state index in [9.17, 15) is 0 Å². The van der Waals surface area contributed by atoms with Crippen LogP contribution in [0.25, 0.3) is 0 Å². The molecule has 0 heterocycles. The Hall–Kier alpha value is -0.120. The quantitative estimate of drug-likeness (QED) is 0.598. The van der Waals surface area contributed by atoms with Crippen LogP contribution >= 0.6 is 0 Å². The molecule has 0 saturated heterocycles. The van der Waals surface area contributed by atoms with Gasteiger partial charge >= 0.3 is 0 Å². The molecule has 0 amide bonds. The summed E-state index contributed by atoms with van der Waals surface area (Å²) in [6.45, 7) is 7.18. The van der Waals surface area contributed by atoms with Gasteiger partial charge in [-0.25, -0.2) is 0 Å². The van der Waals surface area contributed by atoms with E-state index in [4.69, 9.17) is 10.5 Å². The highest BCUT2D eigenvalue weighted by Gasteiger charge is 2.28. The first-order chi connectivity index (χ1) is 7.16. The van der Waals surface area contributed by atoms with E-state index in [0.717, 1.165) is 39.0 Å². The minimum absolute atomic E-state index is 0.201. The van der Waals surface area contributed by atoms with Crippen molar-refractivity contribution >= 4 is 0 Å². The first-order valence-corrected chi connectivity index (χ1v) is 6.07. The van der Waals surface area contributed by atoms with Crippen LogP contribution in [0.4, 0.5) is 0 Å². The second-order valence-electron chi connectivity index (χ2n) is 4.26. The van der Waals surface area contributed by atoms with E-state index < -0.39 is 0 Å². The third-order valence-corrected chi connectivity index (χ3v) is 3.60. The lowest BCUT2D eigenvalue weighted by Crippen LogP contribution is -2.51. The number of unbranched alkanes of at least 4 members (excludes halogenated alkanes) is 1. The fraction of sp³-hybridized carbons (Fsp3) is 1.00. The number of hydrogen-bond acceptors (Lipinski definition) is 3. The molecule has 0 aliphatic rings. The van der Waals surface area contributed by atoms with Crippen molar-refractivity contribution in [2.75, 3.05) is 33.9 Å². The Kier molecular flexibility index (Phi) is 8.02. The molecule has 15 heavy (non-hydrogen) atoms. The van der Waals surface area contributed by atoms with E-state index in [2.05, 4.69) is 25.8 Å². The maximum Gasteiger partial charge on any atom is 0.0462 e. The third kappa shape index (κ3) is 4.49. The molecule has 92 valence electrons. The highest BCUT2D eigenvalue weighted by atomic mass is 16.5. The molecule has 3 nitrogen and oxygen atoms in total. The molecule has 0 spiro atoms. The van der Waals surface area contributed by atoms with Crippen LogP contribution in [-0.4, -0.2) is 44.3 Å². The van der Waals surface area contributed by atoms with Crippen LogP contribution in [0.3, 0.4) is 0 Å². The Morgan fingerprint density at radius 2 is 1.80 bits per heavy atom. The van der Waals surface area contributed by atoms with Gasteiger partial charge in [-0.3, -0.25) is 4.90 Å². The predicted molar refractivity (Wildman–Crippen MR) is 66.1 cm³/mol. The van der Waals surface area contributed by atoms with Crippen molar-refractivity contribution in [2.45, 2.75) is 45.1 Å². The zero-order valence-corrected chi connectivity index (χ0v) is 10.9. The zero-order chi connectivity index (χ0) is 11.7. The molecule has 2 N–H and O–H groups in total. The topological polar surface area (TPSA) is 38.5 Å². The average Bonchev–Trinajstić information content (AvgIpc) is 2.28. The monoisotopic (exact) mass is 216 g/mol.